The van der Waals surface area contributed by atoms with Gasteiger partial charge in [-0.3, -0.25) is 0 Å². The first kappa shape index (κ1) is 8.58. The second kappa shape index (κ2) is 2.23. The Morgan fingerprint density at radius 2 is 1.80 bits per heavy atom. The fourth-order valence-electron chi connectivity index (χ4n) is 0.904. The molecule has 0 aromatic heterocycles. The van der Waals surface area contributed by atoms with E-state index >= 15 is 0 Å². The van der Waals surface area contributed by atoms with Crippen LogP contribution in [0, 0.1) is 0 Å². The van der Waals surface area contributed by atoms with Gasteiger partial charge in [0.15, 0.2) is 5.60 Å². The van der Waals surface area contributed by atoms with Crippen LogP contribution in [-0.4, -0.2) is 20.8 Å². The summed E-state index contributed by atoms with van der Waals surface area (Å²) in [4.78, 5) is 0. The first-order chi connectivity index (χ1) is 4.35. The number of hydrogen-bond acceptors (Lipinski definition) is 1. The van der Waals surface area contributed by atoms with Crippen molar-refractivity contribution >= 4 is 22.6 Å². The van der Waals surface area contributed by atoms with Crippen LogP contribution in [0.25, 0.3) is 0 Å². The predicted octanol–water partition coefficient (Wildman–Crippen LogP) is 1.88. The molecule has 1 rings (SSSR count). The van der Waals surface area contributed by atoms with Gasteiger partial charge >= 0.3 is 6.18 Å². The fourth-order valence-corrected chi connectivity index (χ4v) is 2.36. The Balaban J connectivity index is 2.57. The largest absolute Gasteiger partial charge is 0.417 e. The molecule has 0 aliphatic heterocycles. The highest BCUT2D eigenvalue weighted by Gasteiger charge is 2.60. The molecule has 1 N–H and O–H groups in total. The molecular formula is C5H6F3IO. The van der Waals surface area contributed by atoms with E-state index in [0.717, 1.165) is 0 Å². The standard InChI is InChI=1S/C5H6F3IO/c6-5(7,8)4(10)1-3(9)2-4/h3,10H,1-2H2/t3-,4+. The van der Waals surface area contributed by atoms with Crippen molar-refractivity contribution < 1.29 is 18.3 Å². The maximum Gasteiger partial charge on any atom is 0.417 e. The second-order valence-corrected chi connectivity index (χ2v) is 4.30. The predicted molar refractivity (Wildman–Crippen MR) is 38.0 cm³/mol. The number of aliphatic hydroxyl groups is 1. The van der Waals surface area contributed by atoms with Crippen LogP contribution in [0.2, 0.25) is 0 Å². The molecule has 0 bridgehead atoms. The summed E-state index contributed by atoms with van der Waals surface area (Å²) >= 11 is 1.90. The smallest absolute Gasteiger partial charge is 0.380 e. The molecule has 10 heavy (non-hydrogen) atoms. The monoisotopic (exact) mass is 266 g/mol. The van der Waals surface area contributed by atoms with Crippen LogP contribution in [0.15, 0.2) is 0 Å². The summed E-state index contributed by atoms with van der Waals surface area (Å²) in [6.07, 6.45) is -4.75. The van der Waals surface area contributed by atoms with Crippen LogP contribution in [0.1, 0.15) is 12.8 Å². The van der Waals surface area contributed by atoms with E-state index in [0.29, 0.717) is 0 Å². The molecule has 1 aliphatic carbocycles. The molecule has 1 saturated carbocycles. The van der Waals surface area contributed by atoms with Crippen molar-refractivity contribution in [2.45, 2.75) is 28.5 Å². The Bertz CT molecular complexity index is 138. The lowest BCUT2D eigenvalue weighted by atomic mass is 9.80. The van der Waals surface area contributed by atoms with Crippen LogP contribution in [0.4, 0.5) is 13.2 Å². The summed E-state index contributed by atoms with van der Waals surface area (Å²) < 4.78 is 35.4. The van der Waals surface area contributed by atoms with Crippen LogP contribution in [0.5, 0.6) is 0 Å². The van der Waals surface area contributed by atoms with Crippen molar-refractivity contribution in [3.8, 4) is 0 Å². The molecule has 0 radical (unpaired) electrons. The van der Waals surface area contributed by atoms with E-state index in [1.54, 1.807) is 0 Å². The lowest BCUT2D eigenvalue weighted by Gasteiger charge is -2.41. The van der Waals surface area contributed by atoms with Gasteiger partial charge in [-0.25, -0.2) is 0 Å². The molecule has 0 amide bonds. The summed E-state index contributed by atoms with van der Waals surface area (Å²) in [6.45, 7) is 0. The minimum absolute atomic E-state index is 0.0239. The highest BCUT2D eigenvalue weighted by atomic mass is 127. The van der Waals surface area contributed by atoms with E-state index in [2.05, 4.69) is 0 Å². The maximum atomic E-state index is 11.8. The summed E-state index contributed by atoms with van der Waals surface area (Å²) in [7, 11) is 0. The summed E-state index contributed by atoms with van der Waals surface area (Å²) in [5.74, 6) is 0. The van der Waals surface area contributed by atoms with Gasteiger partial charge in [0.2, 0.25) is 0 Å². The third kappa shape index (κ3) is 1.25. The van der Waals surface area contributed by atoms with Crippen molar-refractivity contribution in [3.05, 3.63) is 0 Å². The Morgan fingerprint density at radius 3 is 1.90 bits per heavy atom. The lowest BCUT2D eigenvalue weighted by Crippen LogP contribution is -2.55. The van der Waals surface area contributed by atoms with Crippen LogP contribution < -0.4 is 0 Å². The lowest BCUT2D eigenvalue weighted by molar-refractivity contribution is -0.283. The van der Waals surface area contributed by atoms with Crippen molar-refractivity contribution in [2.75, 3.05) is 0 Å². The molecule has 0 aromatic carbocycles. The average Bonchev–Trinajstić information content (AvgIpc) is 1.58. The SMILES string of the molecule is O[C@]1(C(F)(F)F)C[C@H](I)C1. The Hall–Kier alpha value is 0.480. The molecule has 0 spiro atoms. The quantitative estimate of drug-likeness (QED) is 0.524. The number of halogens is 4. The van der Waals surface area contributed by atoms with Crippen LogP contribution >= 0.6 is 22.6 Å². The summed E-state index contributed by atoms with van der Waals surface area (Å²) in [5, 5.41) is 8.79. The minimum atomic E-state index is -4.44. The van der Waals surface area contributed by atoms with Gasteiger partial charge < -0.3 is 5.11 Å². The van der Waals surface area contributed by atoms with Gasteiger partial charge in [0, 0.05) is 3.92 Å². The Morgan fingerprint density at radius 1 is 1.40 bits per heavy atom. The molecular weight excluding hydrogens is 260 g/mol. The van der Waals surface area contributed by atoms with Gasteiger partial charge in [0.05, 0.1) is 0 Å². The van der Waals surface area contributed by atoms with Crippen molar-refractivity contribution in [1.29, 1.82) is 0 Å². The summed E-state index contributed by atoms with van der Waals surface area (Å²) in [6, 6.07) is 0. The molecule has 1 fully saturated rings. The number of rotatable bonds is 0. The van der Waals surface area contributed by atoms with E-state index in [1.807, 2.05) is 22.6 Å². The third-order valence-electron chi connectivity index (χ3n) is 1.65. The van der Waals surface area contributed by atoms with Gasteiger partial charge in [0.25, 0.3) is 0 Å². The molecule has 5 heteroatoms. The molecule has 0 unspecified atom stereocenters. The Kier molecular flexibility index (Phi) is 1.91. The zero-order valence-corrected chi connectivity index (χ0v) is 7.11. The maximum absolute atomic E-state index is 11.8. The summed E-state index contributed by atoms with van der Waals surface area (Å²) in [5.41, 5.74) is -2.38. The Labute approximate surface area is 69.7 Å². The zero-order valence-electron chi connectivity index (χ0n) is 4.95. The third-order valence-corrected chi connectivity index (χ3v) is 2.53. The average molecular weight is 266 g/mol. The normalized spacial score (nSPS) is 41.1. The molecule has 0 heterocycles. The van der Waals surface area contributed by atoms with Crippen molar-refractivity contribution in [1.82, 2.24) is 0 Å². The first-order valence-corrected chi connectivity index (χ1v) is 4.03. The number of alkyl halides is 4. The van der Waals surface area contributed by atoms with Crippen LogP contribution in [0.3, 0.4) is 0 Å². The van der Waals surface area contributed by atoms with Gasteiger partial charge in [0.1, 0.15) is 0 Å². The molecule has 0 saturated heterocycles. The molecule has 1 aliphatic rings. The topological polar surface area (TPSA) is 20.2 Å². The van der Waals surface area contributed by atoms with Gasteiger partial charge in [-0.15, -0.1) is 0 Å². The first-order valence-electron chi connectivity index (χ1n) is 2.78. The van der Waals surface area contributed by atoms with E-state index < -0.39 is 11.8 Å². The minimum Gasteiger partial charge on any atom is -0.380 e. The van der Waals surface area contributed by atoms with E-state index in [-0.39, 0.29) is 16.8 Å². The number of hydrogen-bond donors (Lipinski definition) is 1. The van der Waals surface area contributed by atoms with Gasteiger partial charge in [-0.05, 0) is 12.8 Å². The van der Waals surface area contributed by atoms with E-state index in [4.69, 9.17) is 5.11 Å². The van der Waals surface area contributed by atoms with Gasteiger partial charge in [-0.1, -0.05) is 22.6 Å². The van der Waals surface area contributed by atoms with E-state index in [1.165, 1.54) is 0 Å². The molecule has 60 valence electrons. The highest BCUT2D eigenvalue weighted by molar-refractivity contribution is 14.1. The molecule has 0 atom stereocenters. The fraction of sp³-hybridized carbons (Fsp3) is 1.00. The van der Waals surface area contributed by atoms with Crippen molar-refractivity contribution in [2.24, 2.45) is 0 Å². The van der Waals surface area contributed by atoms with Crippen LogP contribution in [-0.2, 0) is 0 Å². The van der Waals surface area contributed by atoms with Gasteiger partial charge in [-0.2, -0.15) is 13.2 Å². The van der Waals surface area contributed by atoms with Crippen molar-refractivity contribution in [3.63, 3.8) is 0 Å². The van der Waals surface area contributed by atoms with E-state index in [9.17, 15) is 13.2 Å². The zero-order chi connectivity index (χ0) is 7.99. The second-order valence-electron chi connectivity index (χ2n) is 2.53. The molecule has 1 nitrogen and oxygen atoms in total. The highest BCUT2D eigenvalue weighted by Crippen LogP contribution is 2.47. The molecule has 0 aromatic rings.